The highest BCUT2D eigenvalue weighted by molar-refractivity contribution is 7.80. The lowest BCUT2D eigenvalue weighted by Crippen LogP contribution is -2.34. The van der Waals surface area contributed by atoms with E-state index in [0.29, 0.717) is 23.4 Å². The van der Waals surface area contributed by atoms with Crippen molar-refractivity contribution in [3.05, 3.63) is 65.7 Å². The van der Waals surface area contributed by atoms with Gasteiger partial charge in [0.05, 0.1) is 12.2 Å². The molecule has 0 unspecified atom stereocenters. The number of anilines is 1. The molecule has 0 aromatic heterocycles. The fraction of sp³-hybridized carbons (Fsp3) is 0.211. The molecule has 5 nitrogen and oxygen atoms in total. The van der Waals surface area contributed by atoms with Gasteiger partial charge in [0.25, 0.3) is 5.91 Å². The number of nitrogens with one attached hydrogen (secondary N) is 2. The molecule has 2 rings (SSSR count). The molecular weight excluding hydrogens is 336 g/mol. The lowest BCUT2D eigenvalue weighted by atomic mass is 10.2. The van der Waals surface area contributed by atoms with Crippen LogP contribution in [0.1, 0.15) is 40.5 Å². The zero-order chi connectivity index (χ0) is 18.1. The summed E-state index contributed by atoms with van der Waals surface area (Å²) in [7, 11) is 0. The van der Waals surface area contributed by atoms with E-state index in [-0.39, 0.29) is 17.0 Å². The molecule has 1 amide bonds. The van der Waals surface area contributed by atoms with Gasteiger partial charge in [-0.15, -0.1) is 0 Å². The summed E-state index contributed by atoms with van der Waals surface area (Å²) in [6.45, 7) is 2.43. The maximum Gasteiger partial charge on any atom is 0.338 e. The van der Waals surface area contributed by atoms with Crippen molar-refractivity contribution < 1.29 is 14.3 Å². The Morgan fingerprint density at radius 2 is 1.76 bits per heavy atom. The Hall–Kier alpha value is -2.73. The van der Waals surface area contributed by atoms with Crippen LogP contribution in [0.5, 0.6) is 0 Å². The van der Waals surface area contributed by atoms with Crippen molar-refractivity contribution in [1.82, 2.24) is 5.32 Å². The van der Waals surface area contributed by atoms with Crippen molar-refractivity contribution in [3.8, 4) is 0 Å². The third kappa shape index (κ3) is 6.00. The fourth-order valence-electron chi connectivity index (χ4n) is 2.04. The lowest BCUT2D eigenvalue weighted by molar-refractivity contribution is 0.0499. The Balaban J connectivity index is 1.93. The number of benzene rings is 2. The maximum absolute atomic E-state index is 12.1. The summed E-state index contributed by atoms with van der Waals surface area (Å²) >= 11 is 5.15. The van der Waals surface area contributed by atoms with Crippen molar-refractivity contribution in [2.75, 3.05) is 11.9 Å². The number of rotatable bonds is 6. The van der Waals surface area contributed by atoms with Crippen LogP contribution in [0.4, 0.5) is 5.69 Å². The minimum atomic E-state index is -0.378. The number of hydrogen-bond donors (Lipinski definition) is 2. The highest BCUT2D eigenvalue weighted by Crippen LogP contribution is 2.12. The quantitative estimate of drug-likeness (QED) is 0.468. The van der Waals surface area contributed by atoms with E-state index >= 15 is 0 Å². The lowest BCUT2D eigenvalue weighted by Gasteiger charge is -2.11. The molecular formula is C19H20N2O3S. The maximum atomic E-state index is 12.1. The molecule has 0 radical (unpaired) electrons. The molecule has 2 aromatic rings. The molecule has 6 heteroatoms. The van der Waals surface area contributed by atoms with E-state index in [9.17, 15) is 9.59 Å². The molecule has 0 heterocycles. The van der Waals surface area contributed by atoms with E-state index in [1.54, 1.807) is 48.5 Å². The van der Waals surface area contributed by atoms with Crippen molar-refractivity contribution >= 4 is 34.9 Å². The fourth-order valence-corrected chi connectivity index (χ4v) is 2.25. The number of carbonyl (C=O) groups is 2. The Bertz CT molecular complexity index is 747. The first-order valence-electron chi connectivity index (χ1n) is 8.04. The predicted molar refractivity (Wildman–Crippen MR) is 102 cm³/mol. The molecule has 0 atom stereocenters. The molecule has 25 heavy (non-hydrogen) atoms. The van der Waals surface area contributed by atoms with Gasteiger partial charge in [0.2, 0.25) is 0 Å². The molecule has 0 saturated carbocycles. The molecule has 2 aromatic carbocycles. The molecule has 0 aliphatic heterocycles. The third-order valence-electron chi connectivity index (χ3n) is 3.35. The molecule has 130 valence electrons. The van der Waals surface area contributed by atoms with E-state index < -0.39 is 0 Å². The molecule has 0 aliphatic carbocycles. The molecule has 0 bridgehead atoms. The SMILES string of the molecule is CCCCOC(=O)c1cccc(NC(=S)NC(=O)c2ccccc2)c1. The Labute approximate surface area is 152 Å². The van der Waals surface area contributed by atoms with Crippen LogP contribution in [0.15, 0.2) is 54.6 Å². The van der Waals surface area contributed by atoms with Crippen molar-refractivity contribution in [1.29, 1.82) is 0 Å². The van der Waals surface area contributed by atoms with Gasteiger partial charge >= 0.3 is 5.97 Å². The zero-order valence-corrected chi connectivity index (χ0v) is 14.8. The van der Waals surface area contributed by atoms with Crippen molar-refractivity contribution in [2.24, 2.45) is 0 Å². The van der Waals surface area contributed by atoms with E-state index in [1.165, 1.54) is 0 Å². The van der Waals surface area contributed by atoms with E-state index in [4.69, 9.17) is 17.0 Å². The van der Waals surface area contributed by atoms with Gasteiger partial charge in [-0.05, 0) is 49.0 Å². The van der Waals surface area contributed by atoms with E-state index in [1.807, 2.05) is 13.0 Å². The van der Waals surface area contributed by atoms with E-state index in [0.717, 1.165) is 12.8 Å². The first-order chi connectivity index (χ1) is 12.1. The van der Waals surface area contributed by atoms with Gasteiger partial charge in [-0.2, -0.15) is 0 Å². The number of carbonyl (C=O) groups excluding carboxylic acids is 2. The third-order valence-corrected chi connectivity index (χ3v) is 3.55. The summed E-state index contributed by atoms with van der Waals surface area (Å²) < 4.78 is 5.18. The summed E-state index contributed by atoms with van der Waals surface area (Å²) in [5, 5.41) is 5.66. The van der Waals surface area contributed by atoms with Crippen LogP contribution in [0, 0.1) is 0 Å². The minimum Gasteiger partial charge on any atom is -0.462 e. The number of thiocarbonyl (C=S) groups is 1. The largest absolute Gasteiger partial charge is 0.462 e. The second kappa shape index (κ2) is 9.54. The van der Waals surface area contributed by atoms with Gasteiger partial charge in [-0.3, -0.25) is 10.1 Å². The average Bonchev–Trinajstić information content (AvgIpc) is 2.62. The minimum absolute atomic E-state index is 0.158. The molecule has 0 saturated heterocycles. The topological polar surface area (TPSA) is 67.4 Å². The zero-order valence-electron chi connectivity index (χ0n) is 14.0. The van der Waals surface area contributed by atoms with Gasteiger partial charge in [0.1, 0.15) is 0 Å². The average molecular weight is 356 g/mol. The monoisotopic (exact) mass is 356 g/mol. The Morgan fingerprint density at radius 1 is 1.04 bits per heavy atom. The highest BCUT2D eigenvalue weighted by Gasteiger charge is 2.10. The second-order valence-corrected chi connectivity index (χ2v) is 5.75. The summed E-state index contributed by atoms with van der Waals surface area (Å²) in [5.41, 5.74) is 1.54. The first-order valence-corrected chi connectivity index (χ1v) is 8.45. The molecule has 0 spiro atoms. The van der Waals surface area contributed by atoms with Crippen LogP contribution in [-0.4, -0.2) is 23.6 Å². The van der Waals surface area contributed by atoms with Gasteiger partial charge in [0.15, 0.2) is 5.11 Å². The first kappa shape index (κ1) is 18.6. The van der Waals surface area contributed by atoms with E-state index in [2.05, 4.69) is 10.6 Å². The number of esters is 1. The van der Waals surface area contributed by atoms with Crippen molar-refractivity contribution in [3.63, 3.8) is 0 Å². The molecule has 2 N–H and O–H groups in total. The van der Waals surface area contributed by atoms with Crippen LogP contribution in [0.3, 0.4) is 0 Å². The van der Waals surface area contributed by atoms with Crippen LogP contribution < -0.4 is 10.6 Å². The molecule has 0 aliphatic rings. The Kier molecular flexibility index (Phi) is 7.10. The second-order valence-electron chi connectivity index (χ2n) is 5.34. The van der Waals surface area contributed by atoms with Crippen LogP contribution in [0.2, 0.25) is 0 Å². The van der Waals surface area contributed by atoms with Crippen LogP contribution >= 0.6 is 12.2 Å². The van der Waals surface area contributed by atoms with Crippen molar-refractivity contribution in [2.45, 2.75) is 19.8 Å². The standard InChI is InChI=1S/C19H20N2O3S/c1-2-3-12-24-18(23)15-10-7-11-16(13-15)20-19(25)21-17(22)14-8-5-4-6-9-14/h4-11,13H,2-3,12H2,1H3,(H2,20,21,22,25). The number of amides is 1. The number of ether oxygens (including phenoxy) is 1. The van der Waals surface area contributed by atoms with Gasteiger partial charge < -0.3 is 10.1 Å². The summed E-state index contributed by atoms with van der Waals surface area (Å²) in [4.78, 5) is 24.0. The van der Waals surface area contributed by atoms with Gasteiger partial charge in [-0.25, -0.2) is 4.79 Å². The van der Waals surface area contributed by atoms with Crippen LogP contribution in [-0.2, 0) is 4.74 Å². The predicted octanol–water partition coefficient (Wildman–Crippen LogP) is 3.77. The Morgan fingerprint density at radius 3 is 2.48 bits per heavy atom. The molecule has 0 fully saturated rings. The van der Waals surface area contributed by atoms with Gasteiger partial charge in [-0.1, -0.05) is 37.6 Å². The summed E-state index contributed by atoms with van der Waals surface area (Å²) in [6.07, 6.45) is 1.80. The van der Waals surface area contributed by atoms with Gasteiger partial charge in [0, 0.05) is 11.3 Å². The smallest absolute Gasteiger partial charge is 0.338 e. The highest BCUT2D eigenvalue weighted by atomic mass is 32.1. The normalized spacial score (nSPS) is 9.96. The number of hydrogen-bond acceptors (Lipinski definition) is 4. The van der Waals surface area contributed by atoms with Crippen LogP contribution in [0.25, 0.3) is 0 Å². The number of unbranched alkanes of at least 4 members (excludes halogenated alkanes) is 1. The summed E-state index contributed by atoms with van der Waals surface area (Å²) in [5.74, 6) is -0.676. The summed E-state index contributed by atoms with van der Waals surface area (Å²) in [6, 6.07) is 15.6.